The SMILES string of the molecule is CC(C)(CSc1ncc(COCCOCCOCCOCCOCCOCCN=[N+]=[N-])cn1)O[Si](C)(C)CCCNC(=O)n1ccnc1. The van der Waals surface area contributed by atoms with E-state index in [1.807, 2.05) is 0 Å². The summed E-state index contributed by atoms with van der Waals surface area (Å²) in [4.78, 5) is 27.5. The highest BCUT2D eigenvalue weighted by atomic mass is 32.2. The Morgan fingerprint density at radius 3 is 2.04 bits per heavy atom. The Morgan fingerprint density at radius 2 is 1.50 bits per heavy atom. The minimum Gasteiger partial charge on any atom is -0.412 e. The Balaban J connectivity index is 1.42. The lowest BCUT2D eigenvalue weighted by Crippen LogP contribution is -2.43. The van der Waals surface area contributed by atoms with Crippen LogP contribution in [0.5, 0.6) is 0 Å². The van der Waals surface area contributed by atoms with Gasteiger partial charge >= 0.3 is 6.03 Å². The topological polar surface area (TPSA) is 186 Å². The summed E-state index contributed by atoms with van der Waals surface area (Å²) in [5, 5.41) is 6.98. The van der Waals surface area contributed by atoms with E-state index in [4.69, 9.17) is 38.4 Å². The van der Waals surface area contributed by atoms with Crippen LogP contribution in [0.3, 0.4) is 0 Å². The van der Waals surface area contributed by atoms with Crippen molar-refractivity contribution in [2.75, 3.05) is 91.5 Å². The average molecular weight is 713 g/mol. The maximum atomic E-state index is 12.0. The van der Waals surface area contributed by atoms with Crippen molar-refractivity contribution in [2.45, 2.75) is 56.8 Å². The van der Waals surface area contributed by atoms with Crippen LogP contribution in [0.4, 0.5) is 4.79 Å². The van der Waals surface area contributed by atoms with Gasteiger partial charge in [0.25, 0.3) is 0 Å². The number of rotatable bonds is 29. The third-order valence-corrected chi connectivity index (χ3v) is 10.3. The summed E-state index contributed by atoms with van der Waals surface area (Å²) in [6.45, 7) is 15.1. The molecule has 0 unspecified atom stereocenters. The lowest BCUT2D eigenvalue weighted by Gasteiger charge is -2.35. The average Bonchev–Trinajstić information content (AvgIpc) is 3.60. The molecule has 0 saturated carbocycles. The first kappa shape index (κ1) is 41.5. The van der Waals surface area contributed by atoms with Crippen LogP contribution in [-0.2, 0) is 39.5 Å². The number of carbonyl (C=O) groups excluding carboxylic acids is 1. The number of aromatic nitrogens is 4. The van der Waals surface area contributed by atoms with E-state index in [1.54, 1.807) is 36.5 Å². The van der Waals surface area contributed by atoms with Gasteiger partial charge in [-0.15, -0.1) is 0 Å². The fraction of sp³-hybridized carbons (Fsp3) is 0.733. The zero-order chi connectivity index (χ0) is 34.8. The molecule has 0 aliphatic rings. The molecule has 18 heteroatoms. The van der Waals surface area contributed by atoms with Gasteiger partial charge in [0, 0.05) is 54.1 Å². The number of hydrogen-bond donors (Lipinski definition) is 1. The fourth-order valence-corrected chi connectivity index (χ4v) is 7.77. The van der Waals surface area contributed by atoms with Gasteiger partial charge in [-0.25, -0.2) is 19.7 Å². The number of azide groups is 1. The molecule has 270 valence electrons. The zero-order valence-corrected chi connectivity index (χ0v) is 30.5. The van der Waals surface area contributed by atoms with Crippen molar-refractivity contribution in [3.8, 4) is 0 Å². The first-order valence-corrected chi connectivity index (χ1v) is 20.2. The molecular weight excluding hydrogens is 661 g/mol. The van der Waals surface area contributed by atoms with Gasteiger partial charge in [-0.3, -0.25) is 4.57 Å². The van der Waals surface area contributed by atoms with Gasteiger partial charge in [-0.1, -0.05) is 16.9 Å². The molecule has 0 spiro atoms. The second-order valence-electron chi connectivity index (χ2n) is 11.7. The number of ether oxygens (including phenoxy) is 6. The lowest BCUT2D eigenvalue weighted by molar-refractivity contribution is -0.0174. The lowest BCUT2D eigenvalue weighted by atomic mass is 10.2. The van der Waals surface area contributed by atoms with E-state index in [2.05, 4.69) is 57.2 Å². The van der Waals surface area contributed by atoms with Gasteiger partial charge < -0.3 is 38.2 Å². The van der Waals surface area contributed by atoms with Gasteiger partial charge in [0.05, 0.1) is 84.9 Å². The monoisotopic (exact) mass is 712 g/mol. The fourth-order valence-electron chi connectivity index (χ4n) is 4.18. The molecule has 0 aliphatic heterocycles. The summed E-state index contributed by atoms with van der Waals surface area (Å²) in [5.41, 5.74) is 8.71. The van der Waals surface area contributed by atoms with Crippen molar-refractivity contribution in [3.63, 3.8) is 0 Å². The Bertz CT molecular complexity index is 1160. The standard InChI is InChI=1S/C30H52N8O8SSi/c1-30(2,46-48(3,4)21-5-6-33-29(39)38-9-7-32-26-38)25-47-28-34-22-27(23-35-28)24-45-20-19-44-18-17-43-16-15-42-14-13-41-12-11-40-10-8-36-37-31/h7,9,22-23,26H,5-6,8,10-21,24-25H2,1-4H3,(H,33,39). The van der Waals surface area contributed by atoms with Crippen LogP contribution in [-0.4, -0.2) is 131 Å². The predicted molar refractivity (Wildman–Crippen MR) is 184 cm³/mol. The minimum atomic E-state index is -1.95. The molecule has 2 heterocycles. The molecule has 0 aliphatic carbocycles. The van der Waals surface area contributed by atoms with Crippen LogP contribution in [0.25, 0.3) is 10.4 Å². The van der Waals surface area contributed by atoms with Crippen LogP contribution < -0.4 is 5.32 Å². The summed E-state index contributed by atoms with van der Waals surface area (Å²) in [6, 6.07) is 0.762. The van der Waals surface area contributed by atoms with Crippen LogP contribution in [0, 0.1) is 0 Å². The molecule has 0 atom stereocenters. The first-order chi connectivity index (χ1) is 23.2. The molecule has 16 nitrogen and oxygen atoms in total. The van der Waals surface area contributed by atoms with Crippen molar-refractivity contribution in [2.24, 2.45) is 5.11 Å². The van der Waals surface area contributed by atoms with Gasteiger partial charge in [-0.2, -0.15) is 0 Å². The number of carbonyl (C=O) groups is 1. The number of amides is 1. The molecule has 1 amide bonds. The quantitative estimate of drug-likeness (QED) is 0.0240. The molecule has 0 fully saturated rings. The molecule has 48 heavy (non-hydrogen) atoms. The Hall–Kier alpha value is -2.64. The van der Waals surface area contributed by atoms with E-state index in [1.165, 1.54) is 10.9 Å². The second kappa shape index (κ2) is 25.3. The summed E-state index contributed by atoms with van der Waals surface area (Å²) in [7, 11) is -1.95. The first-order valence-electron chi connectivity index (χ1n) is 16.1. The highest BCUT2D eigenvalue weighted by Gasteiger charge is 2.31. The highest BCUT2D eigenvalue weighted by Crippen LogP contribution is 2.27. The van der Waals surface area contributed by atoms with Gasteiger partial charge in [0.1, 0.15) is 6.33 Å². The normalized spacial score (nSPS) is 11.8. The molecule has 1 N–H and O–H groups in total. The summed E-state index contributed by atoms with van der Waals surface area (Å²) in [6.07, 6.45) is 9.12. The molecule has 0 radical (unpaired) electrons. The third kappa shape index (κ3) is 21.4. The number of hydrogen-bond acceptors (Lipinski definition) is 13. The molecule has 0 bridgehead atoms. The molecule has 2 aromatic heterocycles. The van der Waals surface area contributed by atoms with Crippen molar-refractivity contribution >= 4 is 26.1 Å². The van der Waals surface area contributed by atoms with E-state index in [0.29, 0.717) is 97.5 Å². The van der Waals surface area contributed by atoms with E-state index in [0.717, 1.165) is 23.8 Å². The molecule has 2 rings (SSSR count). The highest BCUT2D eigenvalue weighted by molar-refractivity contribution is 7.99. The summed E-state index contributed by atoms with van der Waals surface area (Å²) in [5.74, 6) is 0.722. The maximum absolute atomic E-state index is 12.0. The van der Waals surface area contributed by atoms with Crippen LogP contribution in [0.1, 0.15) is 25.8 Å². The van der Waals surface area contributed by atoms with Gasteiger partial charge in [0.2, 0.25) is 0 Å². The molecule has 0 saturated heterocycles. The van der Waals surface area contributed by atoms with Crippen molar-refractivity contribution in [1.29, 1.82) is 0 Å². The molecule has 2 aromatic rings. The number of thioether (sulfide) groups is 1. The molecular formula is C30H52N8O8SSi. The summed E-state index contributed by atoms with van der Waals surface area (Å²) < 4.78 is 40.8. The van der Waals surface area contributed by atoms with Crippen molar-refractivity contribution in [1.82, 2.24) is 24.8 Å². The Kier molecular flexibility index (Phi) is 21.9. The zero-order valence-electron chi connectivity index (χ0n) is 28.7. The van der Waals surface area contributed by atoms with Crippen LogP contribution >= 0.6 is 11.8 Å². The smallest absolute Gasteiger partial charge is 0.326 e. The Labute approximate surface area is 288 Å². The largest absolute Gasteiger partial charge is 0.412 e. The second-order valence-corrected chi connectivity index (χ2v) is 16.8. The summed E-state index contributed by atoms with van der Waals surface area (Å²) >= 11 is 1.57. The van der Waals surface area contributed by atoms with Crippen molar-refractivity contribution < 1.29 is 37.6 Å². The van der Waals surface area contributed by atoms with E-state index < -0.39 is 8.32 Å². The maximum Gasteiger partial charge on any atom is 0.326 e. The molecule has 0 aromatic carbocycles. The number of imidazole rings is 1. The van der Waals surface area contributed by atoms with Crippen LogP contribution in [0.15, 0.2) is 41.4 Å². The van der Waals surface area contributed by atoms with Gasteiger partial charge in [0.15, 0.2) is 13.5 Å². The van der Waals surface area contributed by atoms with Crippen molar-refractivity contribution in [3.05, 3.63) is 47.1 Å². The van der Waals surface area contributed by atoms with Gasteiger partial charge in [-0.05, 0) is 44.9 Å². The third-order valence-electron chi connectivity index (χ3n) is 6.28. The Morgan fingerprint density at radius 1 is 0.938 bits per heavy atom. The van der Waals surface area contributed by atoms with E-state index in [9.17, 15) is 4.79 Å². The van der Waals surface area contributed by atoms with E-state index >= 15 is 0 Å². The van der Waals surface area contributed by atoms with E-state index in [-0.39, 0.29) is 11.6 Å². The number of nitrogens with one attached hydrogen (secondary N) is 1. The minimum absolute atomic E-state index is 0.173. The predicted octanol–water partition coefficient (Wildman–Crippen LogP) is 4.32. The number of nitrogens with zero attached hydrogens (tertiary/aromatic N) is 7. The van der Waals surface area contributed by atoms with Crippen LogP contribution in [0.2, 0.25) is 19.1 Å².